The van der Waals surface area contributed by atoms with Gasteiger partial charge in [-0.2, -0.15) is 0 Å². The Morgan fingerprint density at radius 1 is 1.43 bits per heavy atom. The molecule has 0 aliphatic carbocycles. The number of rotatable bonds is 3. The van der Waals surface area contributed by atoms with Crippen molar-refractivity contribution in [1.82, 2.24) is 5.32 Å². The molecule has 0 aliphatic heterocycles. The van der Waals surface area contributed by atoms with Gasteiger partial charge in [0.2, 0.25) is 0 Å². The zero-order chi connectivity index (χ0) is 11.6. The molecule has 0 saturated heterocycles. The molecule has 0 atom stereocenters. The van der Waals surface area contributed by atoms with Gasteiger partial charge in [-0.3, -0.25) is 0 Å². The zero-order valence-electron chi connectivity index (χ0n) is 8.92. The summed E-state index contributed by atoms with van der Waals surface area (Å²) in [6, 6.07) is -0.461. The van der Waals surface area contributed by atoms with Crippen LogP contribution in [0, 0.1) is 0 Å². The van der Waals surface area contributed by atoms with Gasteiger partial charge < -0.3 is 15.8 Å². The number of hydrogen-bond donors (Lipinski definition) is 2. The fraction of sp³-hybridized carbons (Fsp3) is 0.556. The zero-order valence-corrected chi connectivity index (χ0v) is 8.92. The molecule has 0 bridgehead atoms. The van der Waals surface area contributed by atoms with Crippen molar-refractivity contribution in [3.8, 4) is 0 Å². The van der Waals surface area contributed by atoms with Crippen LogP contribution < -0.4 is 11.1 Å². The van der Waals surface area contributed by atoms with Gasteiger partial charge in [-0.25, -0.2) is 9.59 Å². The normalized spacial score (nSPS) is 7.93. The molecule has 0 rings (SSSR count). The molecule has 0 saturated carbocycles. The summed E-state index contributed by atoms with van der Waals surface area (Å²) >= 11 is 0. The van der Waals surface area contributed by atoms with E-state index < -0.39 is 6.03 Å². The van der Waals surface area contributed by atoms with Gasteiger partial charge in [0.1, 0.15) is 0 Å². The maximum atomic E-state index is 10.4. The second kappa shape index (κ2) is 9.57. The molecule has 14 heavy (non-hydrogen) atoms. The van der Waals surface area contributed by atoms with Gasteiger partial charge in [0.25, 0.3) is 0 Å². The lowest BCUT2D eigenvalue weighted by atomic mass is 10.4. The molecule has 0 unspecified atom stereocenters. The van der Waals surface area contributed by atoms with Crippen LogP contribution in [-0.4, -0.2) is 25.2 Å². The number of nitrogens with two attached hydrogens (primary N) is 1. The Morgan fingerprint density at radius 3 is 2.00 bits per heavy atom. The molecule has 5 heteroatoms. The predicted octanol–water partition coefficient (Wildman–Crippen LogP) is 0.800. The summed E-state index contributed by atoms with van der Waals surface area (Å²) in [5.41, 5.74) is 5.10. The van der Waals surface area contributed by atoms with Gasteiger partial charge in [-0.1, -0.05) is 6.58 Å². The summed E-state index contributed by atoms with van der Waals surface area (Å²) in [4.78, 5) is 20.1. The smallest absolute Gasteiger partial charge is 0.333 e. The Balaban J connectivity index is 0. The minimum absolute atomic E-state index is 0.312. The average molecular weight is 202 g/mol. The molecule has 0 aromatic heterocycles. The van der Waals surface area contributed by atoms with E-state index >= 15 is 0 Å². The summed E-state index contributed by atoms with van der Waals surface area (Å²) in [6.07, 6.45) is 0. The monoisotopic (exact) mass is 202 g/mol. The van der Waals surface area contributed by atoms with Gasteiger partial charge in [0, 0.05) is 12.1 Å². The number of esters is 1. The fourth-order valence-electron chi connectivity index (χ4n) is 0.429. The highest BCUT2D eigenvalue weighted by atomic mass is 16.5. The largest absolute Gasteiger partial charge is 0.463 e. The molecule has 3 N–H and O–H groups in total. The van der Waals surface area contributed by atoms with E-state index in [0.717, 1.165) is 0 Å². The highest BCUT2D eigenvalue weighted by molar-refractivity contribution is 5.86. The van der Waals surface area contributed by atoms with Crippen LogP contribution in [0.3, 0.4) is 0 Å². The Bertz CT molecular complexity index is 202. The van der Waals surface area contributed by atoms with Crippen LogP contribution in [-0.2, 0) is 9.53 Å². The third-order valence-corrected chi connectivity index (χ3v) is 0.975. The molecule has 2 amide bonds. The van der Waals surface area contributed by atoms with Crippen molar-refractivity contribution >= 4 is 12.0 Å². The number of carbonyl (C=O) groups excluding carboxylic acids is 2. The minimum atomic E-state index is -0.461. The van der Waals surface area contributed by atoms with Crippen LogP contribution >= 0.6 is 0 Å². The lowest BCUT2D eigenvalue weighted by molar-refractivity contribution is -0.138. The van der Waals surface area contributed by atoms with Crippen molar-refractivity contribution in [2.24, 2.45) is 5.73 Å². The van der Waals surface area contributed by atoms with E-state index in [0.29, 0.717) is 18.7 Å². The highest BCUT2D eigenvalue weighted by Gasteiger charge is 1.98. The second-order valence-electron chi connectivity index (χ2n) is 2.40. The first-order valence-electron chi connectivity index (χ1n) is 4.31. The maximum Gasteiger partial charge on any atom is 0.333 e. The van der Waals surface area contributed by atoms with Crippen molar-refractivity contribution in [3.63, 3.8) is 0 Å². The van der Waals surface area contributed by atoms with E-state index in [2.05, 4.69) is 22.4 Å². The number of primary amides is 1. The Hall–Kier alpha value is -1.52. The first-order valence-corrected chi connectivity index (χ1v) is 4.31. The Kier molecular flexibility index (Phi) is 10.2. The topological polar surface area (TPSA) is 81.4 Å². The lowest BCUT2D eigenvalue weighted by Gasteiger charge is -1.96. The molecule has 5 nitrogen and oxygen atoms in total. The molecule has 0 aliphatic rings. The van der Waals surface area contributed by atoms with Gasteiger partial charge >= 0.3 is 12.0 Å². The van der Waals surface area contributed by atoms with Crippen molar-refractivity contribution in [2.75, 3.05) is 13.2 Å². The summed E-state index contributed by atoms with van der Waals surface area (Å²) in [7, 11) is 0. The van der Waals surface area contributed by atoms with E-state index in [-0.39, 0.29) is 5.97 Å². The fourth-order valence-corrected chi connectivity index (χ4v) is 0.429. The summed E-state index contributed by atoms with van der Waals surface area (Å²) < 4.78 is 4.56. The van der Waals surface area contributed by atoms with Crippen LogP contribution in [0.15, 0.2) is 12.2 Å². The van der Waals surface area contributed by atoms with Gasteiger partial charge in [0.15, 0.2) is 0 Å². The van der Waals surface area contributed by atoms with Gasteiger partial charge in [-0.15, -0.1) is 0 Å². The third-order valence-electron chi connectivity index (χ3n) is 0.975. The summed E-state index contributed by atoms with van der Waals surface area (Å²) in [5, 5.41) is 2.35. The molecular weight excluding hydrogens is 184 g/mol. The number of amides is 2. The first kappa shape index (κ1) is 15.0. The third kappa shape index (κ3) is 13.1. The van der Waals surface area contributed by atoms with Gasteiger partial charge in [0.05, 0.1) is 6.61 Å². The standard InChI is InChI=1S/C6H10O2.C3H8N2O/c1-4-8-6(7)5(2)3;1-2-5-3(4)6/h2,4H2,1,3H3;2H2,1H3,(H3,4,5,6). The molecule has 82 valence electrons. The van der Waals surface area contributed by atoms with Crippen LogP contribution in [0.4, 0.5) is 4.79 Å². The Morgan fingerprint density at radius 2 is 1.93 bits per heavy atom. The quantitative estimate of drug-likeness (QED) is 0.524. The first-order chi connectivity index (χ1) is 6.45. The average Bonchev–Trinajstić information content (AvgIpc) is 2.05. The number of hydrogen-bond acceptors (Lipinski definition) is 3. The molecule has 0 aromatic rings. The number of carbonyl (C=O) groups is 2. The van der Waals surface area contributed by atoms with Crippen molar-refractivity contribution in [1.29, 1.82) is 0 Å². The molecule has 0 spiro atoms. The van der Waals surface area contributed by atoms with Crippen molar-refractivity contribution < 1.29 is 14.3 Å². The molecular formula is C9H18N2O3. The SMILES string of the molecule is C=C(C)C(=O)OCC.CCNC(N)=O. The second-order valence-corrected chi connectivity index (χ2v) is 2.40. The van der Waals surface area contributed by atoms with Crippen LogP contribution in [0.1, 0.15) is 20.8 Å². The summed E-state index contributed by atoms with van der Waals surface area (Å²) in [5.74, 6) is -0.312. The maximum absolute atomic E-state index is 10.4. The molecule has 0 fully saturated rings. The van der Waals surface area contributed by atoms with Gasteiger partial charge in [-0.05, 0) is 20.8 Å². The predicted molar refractivity (Wildman–Crippen MR) is 54.7 cm³/mol. The molecule has 0 aromatic carbocycles. The van der Waals surface area contributed by atoms with Crippen molar-refractivity contribution in [2.45, 2.75) is 20.8 Å². The van der Waals surface area contributed by atoms with E-state index in [1.165, 1.54) is 0 Å². The van der Waals surface area contributed by atoms with E-state index in [1.807, 2.05) is 6.92 Å². The van der Waals surface area contributed by atoms with Crippen LogP contribution in [0.2, 0.25) is 0 Å². The van der Waals surface area contributed by atoms with E-state index in [4.69, 9.17) is 0 Å². The molecule has 0 heterocycles. The minimum Gasteiger partial charge on any atom is -0.463 e. The summed E-state index contributed by atoms with van der Waals surface area (Å²) in [6.45, 7) is 9.63. The number of nitrogens with one attached hydrogen (secondary N) is 1. The van der Waals surface area contributed by atoms with Crippen LogP contribution in [0.5, 0.6) is 0 Å². The van der Waals surface area contributed by atoms with E-state index in [9.17, 15) is 9.59 Å². The van der Waals surface area contributed by atoms with E-state index in [1.54, 1.807) is 13.8 Å². The lowest BCUT2D eigenvalue weighted by Crippen LogP contribution is -2.28. The number of urea groups is 1. The van der Waals surface area contributed by atoms with Crippen molar-refractivity contribution in [3.05, 3.63) is 12.2 Å². The molecule has 0 radical (unpaired) electrons. The Labute approximate surface area is 84.3 Å². The number of ether oxygens (including phenoxy) is 1. The van der Waals surface area contributed by atoms with Crippen LogP contribution in [0.25, 0.3) is 0 Å². The highest BCUT2D eigenvalue weighted by Crippen LogP contribution is 1.89.